The average Bonchev–Trinajstić information content (AvgIpc) is 2.02. The second kappa shape index (κ2) is 8.23. The summed E-state index contributed by atoms with van der Waals surface area (Å²) in [6.45, 7) is 2.41. The highest BCUT2D eigenvalue weighted by molar-refractivity contribution is 5.65. The van der Waals surface area contributed by atoms with E-state index in [0.29, 0.717) is 13.2 Å². The van der Waals surface area contributed by atoms with Crippen molar-refractivity contribution in [2.45, 2.75) is 6.92 Å². The molecule has 0 aliphatic carbocycles. The first-order chi connectivity index (χ1) is 5.77. The predicted octanol–water partition coefficient (Wildman–Crippen LogP) is 0.726. The molecular weight excluding hydrogens is 160 g/mol. The lowest BCUT2D eigenvalue weighted by Crippen LogP contribution is -1.99. The van der Waals surface area contributed by atoms with E-state index in [1.807, 2.05) is 0 Å². The first-order valence-electron chi connectivity index (χ1n) is 3.62. The van der Waals surface area contributed by atoms with Crippen LogP contribution >= 0.6 is 0 Å². The van der Waals surface area contributed by atoms with Crippen molar-refractivity contribution >= 4 is 5.97 Å². The molecule has 0 aromatic heterocycles. The van der Waals surface area contributed by atoms with Gasteiger partial charge in [0.05, 0.1) is 6.61 Å². The van der Waals surface area contributed by atoms with E-state index in [4.69, 9.17) is 4.74 Å². The van der Waals surface area contributed by atoms with Crippen molar-refractivity contribution in [2.75, 3.05) is 27.1 Å². The summed E-state index contributed by atoms with van der Waals surface area (Å²) >= 11 is 0. The van der Waals surface area contributed by atoms with Crippen LogP contribution in [0.25, 0.3) is 0 Å². The van der Waals surface area contributed by atoms with Crippen LogP contribution in [0, 0.1) is 0 Å². The number of esters is 1. The van der Waals surface area contributed by atoms with E-state index in [1.165, 1.54) is 6.92 Å². The van der Waals surface area contributed by atoms with E-state index in [9.17, 15) is 4.79 Å². The Balaban J connectivity index is 3.09. The number of methoxy groups -OCH3 is 1. The molecular formula is C8H14O4. The molecule has 12 heavy (non-hydrogen) atoms. The highest BCUT2D eigenvalue weighted by atomic mass is 16.7. The molecule has 0 N–H and O–H groups in total. The minimum Gasteiger partial charge on any atom is -0.462 e. The van der Waals surface area contributed by atoms with Gasteiger partial charge in [0, 0.05) is 14.0 Å². The molecule has 4 nitrogen and oxygen atoms in total. The Kier molecular flexibility index (Phi) is 7.63. The van der Waals surface area contributed by atoms with Crippen LogP contribution in [-0.2, 0) is 19.0 Å². The third-order valence-electron chi connectivity index (χ3n) is 0.965. The summed E-state index contributed by atoms with van der Waals surface area (Å²) in [4.78, 5) is 10.3. The van der Waals surface area contributed by atoms with E-state index in [0.717, 1.165) is 0 Å². The van der Waals surface area contributed by atoms with E-state index < -0.39 is 0 Å². The normalized spacial score (nSPS) is 10.5. The lowest BCUT2D eigenvalue weighted by Gasteiger charge is -1.97. The van der Waals surface area contributed by atoms with Crippen molar-refractivity contribution in [2.24, 2.45) is 0 Å². The molecule has 4 heteroatoms. The lowest BCUT2D eigenvalue weighted by molar-refractivity contribution is -0.139. The number of rotatable bonds is 6. The van der Waals surface area contributed by atoms with Gasteiger partial charge in [0.25, 0.3) is 0 Å². The summed E-state index contributed by atoms with van der Waals surface area (Å²) < 4.78 is 14.2. The number of carbonyl (C=O) groups excluding carboxylic acids is 1. The zero-order chi connectivity index (χ0) is 9.23. The Hall–Kier alpha value is -0.870. The molecule has 0 saturated heterocycles. The first kappa shape index (κ1) is 11.1. The van der Waals surface area contributed by atoms with Gasteiger partial charge in [-0.05, 0) is 6.08 Å². The van der Waals surface area contributed by atoms with Crippen molar-refractivity contribution in [3.05, 3.63) is 12.2 Å². The van der Waals surface area contributed by atoms with Crippen LogP contribution < -0.4 is 0 Å². The van der Waals surface area contributed by atoms with Crippen molar-refractivity contribution in [3.63, 3.8) is 0 Å². The Bertz CT molecular complexity index is 142. The topological polar surface area (TPSA) is 44.8 Å². The standard InChI is InChI=1S/C8H14O4/c1-8(9)12-6-4-3-5-11-7-10-2/h3-4H,5-7H2,1-2H3/b4-3+. The highest BCUT2D eigenvalue weighted by Gasteiger charge is 1.86. The van der Waals surface area contributed by atoms with Gasteiger partial charge < -0.3 is 14.2 Å². The molecule has 0 fully saturated rings. The van der Waals surface area contributed by atoms with Crippen LogP contribution in [0.15, 0.2) is 12.2 Å². The molecule has 0 aromatic rings. The third-order valence-corrected chi connectivity index (χ3v) is 0.965. The van der Waals surface area contributed by atoms with Crippen LogP contribution in [0.4, 0.5) is 0 Å². The van der Waals surface area contributed by atoms with Gasteiger partial charge in [0.2, 0.25) is 0 Å². The van der Waals surface area contributed by atoms with Gasteiger partial charge in [-0.1, -0.05) is 6.08 Å². The van der Waals surface area contributed by atoms with Gasteiger partial charge in [0.15, 0.2) is 0 Å². The molecule has 0 radical (unpaired) electrons. The summed E-state index contributed by atoms with van der Waals surface area (Å²) in [7, 11) is 1.56. The average molecular weight is 174 g/mol. The maximum absolute atomic E-state index is 10.3. The van der Waals surface area contributed by atoms with Crippen molar-refractivity contribution in [1.82, 2.24) is 0 Å². The zero-order valence-electron chi connectivity index (χ0n) is 7.41. The van der Waals surface area contributed by atoms with Crippen LogP contribution in [0.5, 0.6) is 0 Å². The van der Waals surface area contributed by atoms with E-state index >= 15 is 0 Å². The van der Waals surface area contributed by atoms with Gasteiger partial charge in [-0.2, -0.15) is 0 Å². The summed E-state index contributed by atoms with van der Waals surface area (Å²) in [5.74, 6) is -0.280. The molecule has 0 rings (SSSR count). The van der Waals surface area contributed by atoms with Gasteiger partial charge in [0.1, 0.15) is 13.4 Å². The van der Waals surface area contributed by atoms with Crippen molar-refractivity contribution in [3.8, 4) is 0 Å². The second-order valence-electron chi connectivity index (χ2n) is 2.05. The maximum Gasteiger partial charge on any atom is 0.302 e. The number of carbonyl (C=O) groups is 1. The Morgan fingerprint density at radius 1 is 1.33 bits per heavy atom. The van der Waals surface area contributed by atoms with Crippen LogP contribution in [-0.4, -0.2) is 33.1 Å². The quantitative estimate of drug-likeness (QED) is 0.258. The smallest absolute Gasteiger partial charge is 0.302 e. The third kappa shape index (κ3) is 9.13. The summed E-state index contributed by atoms with van der Waals surface area (Å²) in [5, 5.41) is 0. The van der Waals surface area contributed by atoms with Crippen molar-refractivity contribution < 1.29 is 19.0 Å². The SMILES string of the molecule is COCOC/C=C/COC(C)=O. The molecule has 0 bridgehead atoms. The number of ether oxygens (including phenoxy) is 3. The van der Waals surface area contributed by atoms with Gasteiger partial charge in [-0.15, -0.1) is 0 Å². The van der Waals surface area contributed by atoms with E-state index in [1.54, 1.807) is 19.3 Å². The van der Waals surface area contributed by atoms with Gasteiger partial charge in [-0.3, -0.25) is 4.79 Å². The maximum atomic E-state index is 10.3. The largest absolute Gasteiger partial charge is 0.462 e. The fourth-order valence-electron chi connectivity index (χ4n) is 0.501. The predicted molar refractivity (Wildman–Crippen MR) is 43.6 cm³/mol. The zero-order valence-corrected chi connectivity index (χ0v) is 7.41. The number of hydrogen-bond acceptors (Lipinski definition) is 4. The minimum atomic E-state index is -0.280. The molecule has 0 atom stereocenters. The fourth-order valence-corrected chi connectivity index (χ4v) is 0.501. The monoisotopic (exact) mass is 174 g/mol. The molecule has 0 aliphatic heterocycles. The van der Waals surface area contributed by atoms with Crippen LogP contribution in [0.3, 0.4) is 0 Å². The summed E-state index contributed by atoms with van der Waals surface area (Å²) in [6.07, 6.45) is 3.49. The number of hydrogen-bond donors (Lipinski definition) is 0. The van der Waals surface area contributed by atoms with Crippen molar-refractivity contribution in [1.29, 1.82) is 0 Å². The Morgan fingerprint density at radius 3 is 2.58 bits per heavy atom. The van der Waals surface area contributed by atoms with Gasteiger partial charge >= 0.3 is 5.97 Å². The molecule has 0 unspecified atom stereocenters. The molecule has 0 amide bonds. The summed E-state index contributed by atoms with van der Waals surface area (Å²) in [6, 6.07) is 0. The molecule has 0 aromatic carbocycles. The van der Waals surface area contributed by atoms with Crippen LogP contribution in [0.1, 0.15) is 6.92 Å². The molecule has 0 aliphatic rings. The first-order valence-corrected chi connectivity index (χ1v) is 3.62. The highest BCUT2D eigenvalue weighted by Crippen LogP contribution is 1.81. The lowest BCUT2D eigenvalue weighted by atomic mass is 10.5. The molecule has 70 valence electrons. The Labute approximate surface area is 72.1 Å². The van der Waals surface area contributed by atoms with E-state index in [-0.39, 0.29) is 12.8 Å². The molecule has 0 saturated carbocycles. The van der Waals surface area contributed by atoms with Gasteiger partial charge in [-0.25, -0.2) is 0 Å². The van der Waals surface area contributed by atoms with Crippen LogP contribution in [0.2, 0.25) is 0 Å². The molecule has 0 heterocycles. The summed E-state index contributed by atoms with van der Waals surface area (Å²) in [5.41, 5.74) is 0. The fraction of sp³-hybridized carbons (Fsp3) is 0.625. The van der Waals surface area contributed by atoms with E-state index in [2.05, 4.69) is 9.47 Å². The minimum absolute atomic E-state index is 0.276. The Morgan fingerprint density at radius 2 is 2.00 bits per heavy atom. The second-order valence-corrected chi connectivity index (χ2v) is 2.05. The molecule has 0 spiro atoms.